The molecule has 2 heterocycles. The molecule has 1 amide bonds. The van der Waals surface area contributed by atoms with Gasteiger partial charge in [0.15, 0.2) is 0 Å². The molecule has 0 unspecified atom stereocenters. The number of rotatable bonds is 1. The van der Waals surface area contributed by atoms with E-state index in [4.69, 9.17) is 0 Å². The molecule has 1 aliphatic heterocycles. The van der Waals surface area contributed by atoms with E-state index in [1.54, 1.807) is 0 Å². The Bertz CT molecular complexity index is 799. The average molecular weight is 344 g/mol. The highest BCUT2D eigenvalue weighted by atomic mass is 19.4. The van der Waals surface area contributed by atoms with Crippen LogP contribution in [0, 0.1) is 5.82 Å². The topological polar surface area (TPSA) is 73.7 Å². The first kappa shape index (κ1) is 16.6. The van der Waals surface area contributed by atoms with Crippen LogP contribution in [0.2, 0.25) is 0 Å². The third kappa shape index (κ3) is 2.80. The first-order valence-corrected chi connectivity index (χ1v) is 6.99. The quantitative estimate of drug-likeness (QED) is 0.771. The number of aliphatic hydroxyl groups excluding tert-OH is 2. The standard InChI is InChI=1S/C15H12F4N2O3/c16-7-1-2-10-8(3-7)13(15(17,18)19)9(4-20-10)14(24)21-5-11(22)12(23)6-21/h1-4,11-12,22-23H,5-6H2/t11-,12-/m1/s1. The summed E-state index contributed by atoms with van der Waals surface area (Å²) in [7, 11) is 0. The summed E-state index contributed by atoms with van der Waals surface area (Å²) in [6, 6.07) is 2.75. The van der Waals surface area contributed by atoms with Gasteiger partial charge in [0.1, 0.15) is 5.82 Å². The molecule has 1 aliphatic rings. The van der Waals surface area contributed by atoms with Crippen LogP contribution in [0.4, 0.5) is 17.6 Å². The van der Waals surface area contributed by atoms with E-state index in [0.717, 1.165) is 23.2 Å². The fourth-order valence-electron chi connectivity index (χ4n) is 2.74. The van der Waals surface area contributed by atoms with Crippen molar-refractivity contribution in [2.45, 2.75) is 18.4 Å². The number of nitrogens with zero attached hydrogens (tertiary/aromatic N) is 2. The Hall–Kier alpha value is -2.26. The van der Waals surface area contributed by atoms with Gasteiger partial charge in [0, 0.05) is 24.7 Å². The van der Waals surface area contributed by atoms with Gasteiger partial charge in [0.25, 0.3) is 5.91 Å². The van der Waals surface area contributed by atoms with Crippen molar-refractivity contribution in [2.75, 3.05) is 13.1 Å². The summed E-state index contributed by atoms with van der Waals surface area (Å²) in [5.74, 6) is -1.91. The fraction of sp³-hybridized carbons (Fsp3) is 0.333. The first-order valence-electron chi connectivity index (χ1n) is 6.99. The van der Waals surface area contributed by atoms with E-state index in [9.17, 15) is 32.6 Å². The molecule has 0 radical (unpaired) electrons. The molecular formula is C15H12F4N2O3. The number of benzene rings is 1. The highest BCUT2D eigenvalue weighted by Gasteiger charge is 2.41. The third-order valence-electron chi connectivity index (χ3n) is 3.89. The van der Waals surface area contributed by atoms with Gasteiger partial charge in [0.05, 0.1) is 28.9 Å². The lowest BCUT2D eigenvalue weighted by molar-refractivity contribution is -0.136. The number of halogens is 4. The number of amides is 1. The molecule has 3 rings (SSSR count). The lowest BCUT2D eigenvalue weighted by Gasteiger charge is -2.20. The summed E-state index contributed by atoms with van der Waals surface area (Å²) < 4.78 is 53.9. The largest absolute Gasteiger partial charge is 0.417 e. The Kier molecular flexibility index (Phi) is 3.92. The van der Waals surface area contributed by atoms with E-state index < -0.39 is 46.6 Å². The summed E-state index contributed by atoms with van der Waals surface area (Å²) in [4.78, 5) is 17.1. The molecule has 0 spiro atoms. The molecule has 2 atom stereocenters. The number of fused-ring (bicyclic) bond motifs is 1. The molecule has 2 aromatic rings. The van der Waals surface area contributed by atoms with Gasteiger partial charge >= 0.3 is 6.18 Å². The SMILES string of the molecule is O=C(c1cnc2ccc(F)cc2c1C(F)(F)F)N1C[C@@H](O)[C@H](O)C1. The van der Waals surface area contributed by atoms with Gasteiger partial charge in [-0.1, -0.05) is 0 Å². The Balaban J connectivity index is 2.16. The highest BCUT2D eigenvalue weighted by Crippen LogP contribution is 2.37. The van der Waals surface area contributed by atoms with Crippen LogP contribution in [0.5, 0.6) is 0 Å². The van der Waals surface area contributed by atoms with E-state index >= 15 is 0 Å². The third-order valence-corrected chi connectivity index (χ3v) is 3.89. The maximum absolute atomic E-state index is 13.5. The predicted octanol–water partition coefficient (Wildman–Crippen LogP) is 1.57. The molecule has 0 aliphatic carbocycles. The molecular weight excluding hydrogens is 332 g/mol. The van der Waals surface area contributed by atoms with Crippen molar-refractivity contribution in [1.29, 1.82) is 0 Å². The second-order valence-corrected chi connectivity index (χ2v) is 5.55. The minimum absolute atomic E-state index is 0.0956. The number of carbonyl (C=O) groups excluding carboxylic acids is 1. The van der Waals surface area contributed by atoms with Crippen molar-refractivity contribution in [3.05, 3.63) is 41.3 Å². The van der Waals surface area contributed by atoms with Crippen molar-refractivity contribution in [3.63, 3.8) is 0 Å². The van der Waals surface area contributed by atoms with Crippen LogP contribution < -0.4 is 0 Å². The molecule has 128 valence electrons. The highest BCUT2D eigenvalue weighted by molar-refractivity contribution is 6.00. The number of likely N-dealkylation sites (tertiary alicyclic amines) is 1. The second kappa shape index (κ2) is 5.67. The van der Waals surface area contributed by atoms with Crippen molar-refractivity contribution in [3.8, 4) is 0 Å². The van der Waals surface area contributed by atoms with Crippen molar-refractivity contribution >= 4 is 16.8 Å². The number of hydrogen-bond donors (Lipinski definition) is 2. The number of pyridine rings is 1. The number of hydrogen-bond acceptors (Lipinski definition) is 4. The Morgan fingerprint density at radius 3 is 2.42 bits per heavy atom. The fourth-order valence-corrected chi connectivity index (χ4v) is 2.74. The van der Waals surface area contributed by atoms with E-state index in [1.165, 1.54) is 0 Å². The van der Waals surface area contributed by atoms with Crippen molar-refractivity contribution < 1.29 is 32.6 Å². The van der Waals surface area contributed by atoms with Gasteiger partial charge in [-0.25, -0.2) is 4.39 Å². The molecule has 1 saturated heterocycles. The summed E-state index contributed by atoms with van der Waals surface area (Å²) in [6.45, 7) is -0.586. The zero-order valence-corrected chi connectivity index (χ0v) is 12.1. The van der Waals surface area contributed by atoms with Gasteiger partial charge in [-0.15, -0.1) is 0 Å². The number of β-amino-alcohol motifs (C(OH)–C–C–N with tert-alkyl or cyclic N) is 2. The number of aliphatic hydroxyl groups is 2. The van der Waals surface area contributed by atoms with Gasteiger partial charge < -0.3 is 15.1 Å². The molecule has 1 aromatic heterocycles. The molecule has 24 heavy (non-hydrogen) atoms. The molecule has 2 N–H and O–H groups in total. The van der Waals surface area contributed by atoms with Crippen LogP contribution in [-0.2, 0) is 6.18 Å². The second-order valence-electron chi connectivity index (χ2n) is 5.55. The van der Waals surface area contributed by atoms with Gasteiger partial charge in [-0.05, 0) is 18.2 Å². The predicted molar refractivity (Wildman–Crippen MR) is 74.6 cm³/mol. The van der Waals surface area contributed by atoms with E-state index in [1.807, 2.05) is 0 Å². The lowest BCUT2D eigenvalue weighted by atomic mass is 10.0. The van der Waals surface area contributed by atoms with E-state index in [2.05, 4.69) is 4.98 Å². The summed E-state index contributed by atoms with van der Waals surface area (Å²) in [6.07, 6.45) is -6.58. The van der Waals surface area contributed by atoms with E-state index in [-0.39, 0.29) is 18.6 Å². The Morgan fingerprint density at radius 1 is 1.21 bits per heavy atom. The minimum Gasteiger partial charge on any atom is -0.388 e. The smallest absolute Gasteiger partial charge is 0.388 e. The van der Waals surface area contributed by atoms with Gasteiger partial charge in [0.2, 0.25) is 0 Å². The maximum Gasteiger partial charge on any atom is 0.417 e. The molecule has 0 bridgehead atoms. The maximum atomic E-state index is 13.5. The zero-order chi connectivity index (χ0) is 17.6. The monoisotopic (exact) mass is 344 g/mol. The molecule has 1 aromatic carbocycles. The number of carbonyl (C=O) groups is 1. The van der Waals surface area contributed by atoms with Crippen LogP contribution in [-0.4, -0.2) is 51.3 Å². The van der Waals surface area contributed by atoms with Crippen molar-refractivity contribution in [1.82, 2.24) is 9.88 Å². The van der Waals surface area contributed by atoms with Crippen LogP contribution >= 0.6 is 0 Å². The lowest BCUT2D eigenvalue weighted by Crippen LogP contribution is -2.32. The molecule has 0 saturated carbocycles. The van der Waals surface area contributed by atoms with Crippen LogP contribution in [0.15, 0.2) is 24.4 Å². The zero-order valence-electron chi connectivity index (χ0n) is 12.1. The Labute approximate surface area is 133 Å². The summed E-state index contributed by atoms with van der Waals surface area (Å²) in [5.41, 5.74) is -2.13. The summed E-state index contributed by atoms with van der Waals surface area (Å²) in [5, 5.41) is 18.4. The molecule has 9 heteroatoms. The first-order chi connectivity index (χ1) is 11.2. The van der Waals surface area contributed by atoms with Gasteiger partial charge in [-0.3, -0.25) is 9.78 Å². The molecule has 5 nitrogen and oxygen atoms in total. The van der Waals surface area contributed by atoms with Crippen LogP contribution in [0.1, 0.15) is 15.9 Å². The minimum atomic E-state index is -4.91. The summed E-state index contributed by atoms with van der Waals surface area (Å²) >= 11 is 0. The van der Waals surface area contributed by atoms with Gasteiger partial charge in [-0.2, -0.15) is 13.2 Å². The van der Waals surface area contributed by atoms with Crippen LogP contribution in [0.3, 0.4) is 0 Å². The van der Waals surface area contributed by atoms with Crippen molar-refractivity contribution in [2.24, 2.45) is 0 Å². The average Bonchev–Trinajstić information content (AvgIpc) is 2.83. The number of alkyl halides is 3. The number of aromatic nitrogens is 1. The normalized spacial score (nSPS) is 21.5. The van der Waals surface area contributed by atoms with E-state index in [0.29, 0.717) is 6.07 Å². The Morgan fingerprint density at radius 2 is 1.83 bits per heavy atom. The van der Waals surface area contributed by atoms with Crippen LogP contribution in [0.25, 0.3) is 10.9 Å². The molecule has 1 fully saturated rings.